The smallest absolute Gasteiger partial charge is 0.326 e. The number of anilines is 1. The van der Waals surface area contributed by atoms with E-state index >= 15 is 0 Å². The fourth-order valence-electron chi connectivity index (χ4n) is 3.29. The fourth-order valence-corrected chi connectivity index (χ4v) is 3.71. The van der Waals surface area contributed by atoms with Gasteiger partial charge in [-0.3, -0.25) is 9.69 Å². The first kappa shape index (κ1) is 21.0. The molecule has 0 radical (unpaired) electrons. The monoisotopic (exact) mass is 430 g/mol. The van der Waals surface area contributed by atoms with E-state index in [-0.39, 0.29) is 17.5 Å². The minimum absolute atomic E-state index is 0.0974. The molecule has 0 saturated carbocycles. The lowest BCUT2D eigenvalue weighted by Crippen LogP contribution is -2.37. The summed E-state index contributed by atoms with van der Waals surface area (Å²) in [6.45, 7) is 2.15. The number of hydrogen-bond acceptors (Lipinski definition) is 2. The van der Waals surface area contributed by atoms with E-state index < -0.39 is 16.8 Å². The molecule has 2 aromatic rings. The summed E-state index contributed by atoms with van der Waals surface area (Å²) in [6, 6.07) is 11.0. The van der Waals surface area contributed by atoms with Crippen molar-refractivity contribution in [3.8, 4) is 0 Å². The number of carbonyl (C=O) groups excluding carboxylic acids is 1. The van der Waals surface area contributed by atoms with Crippen molar-refractivity contribution in [3.63, 3.8) is 0 Å². The topological polar surface area (TPSA) is 32.3 Å². The zero-order valence-corrected chi connectivity index (χ0v) is 16.4. The predicted octanol–water partition coefficient (Wildman–Crippen LogP) is 5.86. The molecule has 1 fully saturated rings. The standard InChI is InChI=1S/C20H19Cl2F3N2O/c21-17-4-2-1-3-14(17)12-27-9-7-13(8-10-27)19(28)26-15-5-6-18(22)16(11-15)20(23,24)25/h1-6,11,13H,7-10,12H2,(H,26,28). The molecule has 1 N–H and O–H groups in total. The van der Waals surface area contributed by atoms with Gasteiger partial charge in [0.2, 0.25) is 5.91 Å². The summed E-state index contributed by atoms with van der Waals surface area (Å²) in [5.41, 5.74) is 0.176. The lowest BCUT2D eigenvalue weighted by molar-refractivity contribution is -0.137. The highest BCUT2D eigenvalue weighted by Crippen LogP contribution is 2.36. The second-order valence-electron chi connectivity index (χ2n) is 6.82. The van der Waals surface area contributed by atoms with Crippen molar-refractivity contribution in [2.24, 2.45) is 5.92 Å². The van der Waals surface area contributed by atoms with Crippen molar-refractivity contribution >= 4 is 34.8 Å². The van der Waals surface area contributed by atoms with Gasteiger partial charge in [-0.1, -0.05) is 41.4 Å². The first-order chi connectivity index (χ1) is 13.2. The zero-order valence-electron chi connectivity index (χ0n) is 14.9. The quantitative estimate of drug-likeness (QED) is 0.658. The molecule has 1 aliphatic rings. The molecule has 0 spiro atoms. The number of likely N-dealkylation sites (tertiary alicyclic amines) is 1. The molecule has 1 saturated heterocycles. The Bertz CT molecular complexity index is 850. The fraction of sp³-hybridized carbons (Fsp3) is 0.350. The van der Waals surface area contributed by atoms with Crippen LogP contribution < -0.4 is 5.32 Å². The van der Waals surface area contributed by atoms with Crippen LogP contribution in [0.15, 0.2) is 42.5 Å². The third kappa shape index (κ3) is 5.19. The number of nitrogens with one attached hydrogen (secondary N) is 1. The van der Waals surface area contributed by atoms with Crippen molar-refractivity contribution in [1.82, 2.24) is 4.90 Å². The number of piperidine rings is 1. The van der Waals surface area contributed by atoms with Crippen molar-refractivity contribution in [3.05, 3.63) is 63.6 Å². The van der Waals surface area contributed by atoms with Gasteiger partial charge in [-0.05, 0) is 55.8 Å². The Morgan fingerprint density at radius 3 is 2.39 bits per heavy atom. The molecule has 0 bridgehead atoms. The second kappa shape index (κ2) is 8.72. The molecular formula is C20H19Cl2F3N2O. The maximum absolute atomic E-state index is 13.0. The van der Waals surface area contributed by atoms with Crippen LogP contribution in [-0.4, -0.2) is 23.9 Å². The number of carbonyl (C=O) groups is 1. The molecule has 1 aliphatic heterocycles. The first-order valence-electron chi connectivity index (χ1n) is 8.87. The van der Waals surface area contributed by atoms with Gasteiger partial charge in [0.05, 0.1) is 10.6 Å². The van der Waals surface area contributed by atoms with Gasteiger partial charge >= 0.3 is 6.18 Å². The van der Waals surface area contributed by atoms with Gasteiger partial charge < -0.3 is 5.32 Å². The van der Waals surface area contributed by atoms with Crippen LogP contribution in [0.5, 0.6) is 0 Å². The minimum Gasteiger partial charge on any atom is -0.326 e. The van der Waals surface area contributed by atoms with Gasteiger partial charge in [0.15, 0.2) is 0 Å². The SMILES string of the molecule is O=C(Nc1ccc(Cl)c(C(F)(F)F)c1)C1CCN(Cc2ccccc2Cl)CC1. The first-order valence-corrected chi connectivity index (χ1v) is 9.63. The average molecular weight is 431 g/mol. The highest BCUT2D eigenvalue weighted by Gasteiger charge is 2.33. The summed E-state index contributed by atoms with van der Waals surface area (Å²) in [5.74, 6) is -0.514. The summed E-state index contributed by atoms with van der Waals surface area (Å²) >= 11 is 11.8. The Kier molecular flexibility index (Phi) is 6.53. The third-order valence-electron chi connectivity index (χ3n) is 4.85. The lowest BCUT2D eigenvalue weighted by Gasteiger charge is -2.31. The maximum atomic E-state index is 13.0. The maximum Gasteiger partial charge on any atom is 0.417 e. The van der Waals surface area contributed by atoms with Crippen LogP contribution in [0.2, 0.25) is 10.0 Å². The number of halogens is 5. The second-order valence-corrected chi connectivity index (χ2v) is 7.64. The molecule has 0 atom stereocenters. The number of alkyl halides is 3. The molecule has 0 aliphatic carbocycles. The Balaban J connectivity index is 1.56. The molecule has 1 heterocycles. The van der Waals surface area contributed by atoms with Crippen LogP contribution in [0.3, 0.4) is 0 Å². The van der Waals surface area contributed by atoms with Crippen LogP contribution in [0.1, 0.15) is 24.0 Å². The van der Waals surface area contributed by atoms with Crippen LogP contribution in [0, 0.1) is 5.92 Å². The van der Waals surface area contributed by atoms with Crippen molar-refractivity contribution in [1.29, 1.82) is 0 Å². The minimum atomic E-state index is -4.57. The number of rotatable bonds is 4. The molecule has 8 heteroatoms. The zero-order chi connectivity index (χ0) is 20.3. The molecule has 0 unspecified atom stereocenters. The summed E-state index contributed by atoms with van der Waals surface area (Å²) in [6.07, 6.45) is -3.30. The van der Waals surface area contributed by atoms with Gasteiger partial charge in [0, 0.05) is 23.2 Å². The molecule has 1 amide bonds. The summed E-state index contributed by atoms with van der Waals surface area (Å²) in [4.78, 5) is 14.7. The Labute approximate surface area is 171 Å². The molecule has 150 valence electrons. The largest absolute Gasteiger partial charge is 0.417 e. The normalized spacial score (nSPS) is 16.2. The van der Waals surface area contributed by atoms with Gasteiger partial charge in [-0.25, -0.2) is 0 Å². The van der Waals surface area contributed by atoms with Gasteiger partial charge in [-0.2, -0.15) is 13.2 Å². The third-order valence-corrected chi connectivity index (χ3v) is 5.55. The average Bonchev–Trinajstić information content (AvgIpc) is 2.65. The molecule has 3 nitrogen and oxygen atoms in total. The molecule has 2 aromatic carbocycles. The predicted molar refractivity (Wildman–Crippen MR) is 105 cm³/mol. The van der Waals surface area contributed by atoms with E-state index in [1.165, 1.54) is 6.07 Å². The number of nitrogens with zero attached hydrogens (tertiary/aromatic N) is 1. The number of amides is 1. The van der Waals surface area contributed by atoms with Gasteiger partial charge in [0.25, 0.3) is 0 Å². The number of hydrogen-bond donors (Lipinski definition) is 1. The number of benzene rings is 2. The van der Waals surface area contributed by atoms with E-state index in [1.54, 1.807) is 0 Å². The summed E-state index contributed by atoms with van der Waals surface area (Å²) < 4.78 is 38.9. The van der Waals surface area contributed by atoms with Crippen LogP contribution in [0.4, 0.5) is 18.9 Å². The Morgan fingerprint density at radius 2 is 1.75 bits per heavy atom. The molecular weight excluding hydrogens is 412 g/mol. The summed E-state index contributed by atoms with van der Waals surface area (Å²) in [7, 11) is 0. The lowest BCUT2D eigenvalue weighted by atomic mass is 9.95. The van der Waals surface area contributed by atoms with Gasteiger partial charge in [-0.15, -0.1) is 0 Å². The van der Waals surface area contributed by atoms with Crippen molar-refractivity contribution in [2.75, 3.05) is 18.4 Å². The molecule has 3 rings (SSSR count). The molecule has 28 heavy (non-hydrogen) atoms. The Morgan fingerprint density at radius 1 is 1.07 bits per heavy atom. The van der Waals surface area contributed by atoms with Crippen molar-refractivity contribution < 1.29 is 18.0 Å². The van der Waals surface area contributed by atoms with Crippen LogP contribution >= 0.6 is 23.2 Å². The van der Waals surface area contributed by atoms with E-state index in [0.717, 1.165) is 30.8 Å². The highest BCUT2D eigenvalue weighted by molar-refractivity contribution is 6.31. The van der Waals surface area contributed by atoms with E-state index in [1.807, 2.05) is 24.3 Å². The summed E-state index contributed by atoms with van der Waals surface area (Å²) in [5, 5.41) is 2.91. The molecule has 0 aromatic heterocycles. The highest BCUT2D eigenvalue weighted by atomic mass is 35.5. The van der Waals surface area contributed by atoms with Crippen LogP contribution in [0.25, 0.3) is 0 Å². The van der Waals surface area contributed by atoms with Crippen molar-refractivity contribution in [2.45, 2.75) is 25.6 Å². The van der Waals surface area contributed by atoms with Crippen LogP contribution in [-0.2, 0) is 17.5 Å². The van der Waals surface area contributed by atoms with E-state index in [0.29, 0.717) is 24.4 Å². The van der Waals surface area contributed by atoms with E-state index in [2.05, 4.69) is 10.2 Å². The van der Waals surface area contributed by atoms with Gasteiger partial charge in [0.1, 0.15) is 0 Å². The Hall–Kier alpha value is -1.76. The van der Waals surface area contributed by atoms with E-state index in [9.17, 15) is 18.0 Å². The van der Waals surface area contributed by atoms with E-state index in [4.69, 9.17) is 23.2 Å².